The number of unbranched alkanes of at least 4 members (excludes halogenated alkanes) is 2. The third-order valence-corrected chi connectivity index (χ3v) is 10.5. The Morgan fingerprint density at radius 2 is 1.84 bits per heavy atom. The largest absolute Gasteiger partial charge is 0.441 e. The molecule has 1 aromatic carbocycles. The average molecular weight is 400 g/mol. The van der Waals surface area contributed by atoms with Crippen LogP contribution >= 0.6 is 28.4 Å². The van der Waals surface area contributed by atoms with Crippen LogP contribution in [0.4, 0.5) is 13.2 Å². The van der Waals surface area contributed by atoms with Gasteiger partial charge in [-0.2, -0.15) is 13.2 Å². The number of rotatable bonds is 4. The van der Waals surface area contributed by atoms with Crippen molar-refractivity contribution in [2.75, 3.05) is 0 Å². The van der Waals surface area contributed by atoms with Crippen molar-refractivity contribution in [3.63, 3.8) is 0 Å². The summed E-state index contributed by atoms with van der Waals surface area (Å²) < 4.78 is 40.7. The number of hydrogen-bond acceptors (Lipinski definition) is 0. The van der Waals surface area contributed by atoms with Crippen LogP contribution < -0.4 is 0 Å². The molecule has 1 aromatic rings. The van der Waals surface area contributed by atoms with Gasteiger partial charge >= 0.3 is 5.51 Å². The quantitative estimate of drug-likeness (QED) is 0.392. The van der Waals surface area contributed by atoms with Crippen LogP contribution in [0.5, 0.6) is 0 Å². The van der Waals surface area contributed by atoms with Gasteiger partial charge in [0.2, 0.25) is 0 Å². The summed E-state index contributed by atoms with van der Waals surface area (Å²) in [4.78, 5) is 1.05. The van der Waals surface area contributed by atoms with Gasteiger partial charge in [0, 0.05) is 4.90 Å². The Morgan fingerprint density at radius 3 is 2.47 bits per heavy atom. The predicted octanol–water partition coefficient (Wildman–Crippen LogP) is 6.65. The van der Waals surface area contributed by atoms with Gasteiger partial charge in [0.1, 0.15) is 0 Å². The van der Waals surface area contributed by atoms with Gasteiger partial charge in [-0.15, -0.1) is 0 Å². The van der Waals surface area contributed by atoms with Crippen molar-refractivity contribution in [3.05, 3.63) is 34.7 Å². The molecule has 5 heteroatoms. The molecule has 1 unspecified atom stereocenters. The SMILES string of the molecule is CCCCCC1=Cc2ccccc2S1(I)C(F)(F)F. The molecule has 19 heavy (non-hydrogen) atoms. The number of alkyl halides is 3. The molecule has 1 heterocycles. The van der Waals surface area contributed by atoms with Gasteiger partial charge in [0.25, 0.3) is 0 Å². The first-order chi connectivity index (χ1) is 8.91. The lowest BCUT2D eigenvalue weighted by Gasteiger charge is -2.35. The fraction of sp³-hybridized carbons (Fsp3) is 0.429. The second kappa shape index (κ2) is 5.68. The summed E-state index contributed by atoms with van der Waals surface area (Å²) in [7, 11) is -2.87. The molecule has 106 valence electrons. The molecule has 0 bridgehead atoms. The molecule has 0 saturated carbocycles. The van der Waals surface area contributed by atoms with Crippen LogP contribution in [0.3, 0.4) is 0 Å². The van der Waals surface area contributed by atoms with E-state index >= 15 is 0 Å². The lowest BCUT2D eigenvalue weighted by molar-refractivity contribution is -0.0353. The number of halogens is 4. The Hall–Kier alpha value is -0.170. The third kappa shape index (κ3) is 2.68. The Morgan fingerprint density at radius 1 is 1.16 bits per heavy atom. The van der Waals surface area contributed by atoms with Gasteiger partial charge in [0.05, 0.1) is 0 Å². The second-order valence-corrected chi connectivity index (χ2v) is 11.1. The molecule has 0 spiro atoms. The van der Waals surface area contributed by atoms with E-state index in [1.165, 1.54) is 0 Å². The van der Waals surface area contributed by atoms with Gasteiger partial charge in [-0.05, 0) is 63.9 Å². The minimum absolute atomic E-state index is 0.467. The van der Waals surface area contributed by atoms with Crippen molar-refractivity contribution in [3.8, 4) is 0 Å². The highest BCUT2D eigenvalue weighted by Crippen LogP contribution is 2.82. The molecule has 1 aliphatic rings. The van der Waals surface area contributed by atoms with Crippen LogP contribution in [0.1, 0.15) is 38.2 Å². The fourth-order valence-corrected chi connectivity index (χ4v) is 6.79. The van der Waals surface area contributed by atoms with Crippen molar-refractivity contribution >= 4 is 34.5 Å². The lowest BCUT2D eigenvalue weighted by atomic mass is 10.1. The van der Waals surface area contributed by atoms with Crippen LogP contribution in [0, 0.1) is 0 Å². The van der Waals surface area contributed by atoms with E-state index in [4.69, 9.17) is 0 Å². The second-order valence-electron chi connectivity index (χ2n) is 4.59. The van der Waals surface area contributed by atoms with Gasteiger partial charge in [-0.25, -0.2) is 0 Å². The highest BCUT2D eigenvalue weighted by atomic mass is 127. The number of benzene rings is 1. The van der Waals surface area contributed by atoms with Crippen molar-refractivity contribution in [2.45, 2.75) is 43.0 Å². The Bertz CT molecular complexity index is 496. The highest BCUT2D eigenvalue weighted by Gasteiger charge is 2.54. The van der Waals surface area contributed by atoms with E-state index in [1.807, 2.05) is 0 Å². The van der Waals surface area contributed by atoms with Crippen molar-refractivity contribution in [2.24, 2.45) is 0 Å². The zero-order valence-corrected chi connectivity index (χ0v) is 13.6. The predicted molar refractivity (Wildman–Crippen MR) is 84.5 cm³/mol. The van der Waals surface area contributed by atoms with E-state index < -0.39 is 12.7 Å². The summed E-state index contributed by atoms with van der Waals surface area (Å²) in [6.07, 6.45) is 5.16. The van der Waals surface area contributed by atoms with Crippen molar-refractivity contribution in [1.29, 1.82) is 0 Å². The monoisotopic (exact) mass is 400 g/mol. The molecule has 0 fully saturated rings. The van der Waals surface area contributed by atoms with E-state index in [0.29, 0.717) is 16.2 Å². The van der Waals surface area contributed by atoms with E-state index in [2.05, 4.69) is 6.92 Å². The molecule has 1 atom stereocenters. The Kier molecular flexibility index (Phi) is 4.55. The van der Waals surface area contributed by atoms with Crippen LogP contribution in [0.2, 0.25) is 0 Å². The third-order valence-electron chi connectivity index (χ3n) is 3.25. The summed E-state index contributed by atoms with van der Waals surface area (Å²) in [6, 6.07) is 6.92. The Balaban J connectivity index is 2.38. The molecular formula is C14H16F3IS. The van der Waals surface area contributed by atoms with Gasteiger partial charge in [-0.1, -0.05) is 38.0 Å². The summed E-state index contributed by atoms with van der Waals surface area (Å²) in [5.74, 6) is 0. The summed E-state index contributed by atoms with van der Waals surface area (Å²) in [5.41, 5.74) is -3.42. The molecule has 0 N–H and O–H groups in total. The minimum Gasteiger partial charge on any atom is -0.160 e. The smallest absolute Gasteiger partial charge is 0.160 e. The van der Waals surface area contributed by atoms with Crippen molar-refractivity contribution in [1.82, 2.24) is 0 Å². The number of allylic oxidation sites excluding steroid dienone is 1. The topological polar surface area (TPSA) is 0 Å². The number of fused-ring (bicyclic) bond motifs is 1. The standard InChI is InChI=1S/C14H16F3IS/c1-2-3-4-8-12-10-11-7-5-6-9-13(11)19(12,18)14(15,16)17/h5-7,9-10H,2-4,8H2,1H3. The van der Waals surface area contributed by atoms with E-state index in [9.17, 15) is 13.2 Å². The molecular weight excluding hydrogens is 384 g/mol. The molecule has 0 nitrogen and oxygen atoms in total. The first-order valence-electron chi connectivity index (χ1n) is 6.30. The number of hydrogen-bond donors (Lipinski definition) is 0. The summed E-state index contributed by atoms with van der Waals surface area (Å²) in [6.45, 7) is 2.06. The van der Waals surface area contributed by atoms with Crippen LogP contribution in [-0.2, 0) is 0 Å². The molecule has 2 rings (SSSR count). The summed E-state index contributed by atoms with van der Waals surface area (Å²) in [5, 5.41) is 0. The van der Waals surface area contributed by atoms with Crippen LogP contribution in [-0.4, -0.2) is 5.51 Å². The lowest BCUT2D eigenvalue weighted by Crippen LogP contribution is -2.15. The zero-order chi connectivity index (χ0) is 14.1. The Labute approximate surface area is 125 Å². The van der Waals surface area contributed by atoms with Crippen LogP contribution in [0.25, 0.3) is 6.08 Å². The van der Waals surface area contributed by atoms with Gasteiger partial charge in [-0.3, -0.25) is 0 Å². The van der Waals surface area contributed by atoms with Crippen LogP contribution in [0.15, 0.2) is 34.1 Å². The average Bonchev–Trinajstić information content (AvgIpc) is 2.64. The van der Waals surface area contributed by atoms with Gasteiger partial charge < -0.3 is 0 Å². The van der Waals surface area contributed by atoms with E-state index in [-0.39, 0.29) is 0 Å². The maximum atomic E-state index is 13.6. The normalized spacial score (nSPS) is 25.6. The minimum atomic E-state index is -4.17. The molecule has 1 aliphatic heterocycles. The first kappa shape index (κ1) is 15.2. The van der Waals surface area contributed by atoms with Crippen molar-refractivity contribution < 1.29 is 13.2 Å². The first-order valence-corrected chi connectivity index (χ1v) is 10.5. The fourth-order valence-electron chi connectivity index (χ4n) is 2.29. The maximum Gasteiger partial charge on any atom is 0.441 e. The molecule has 0 saturated heterocycles. The molecule has 0 aromatic heterocycles. The molecule has 0 radical (unpaired) electrons. The highest BCUT2D eigenvalue weighted by molar-refractivity contribution is 14.2. The zero-order valence-electron chi connectivity index (χ0n) is 10.6. The van der Waals surface area contributed by atoms with E-state index in [1.54, 1.807) is 51.5 Å². The maximum absolute atomic E-state index is 13.6. The van der Waals surface area contributed by atoms with Gasteiger partial charge in [0.15, 0.2) is 0 Å². The molecule has 0 amide bonds. The van der Waals surface area contributed by atoms with E-state index in [0.717, 1.165) is 24.8 Å². The summed E-state index contributed by atoms with van der Waals surface area (Å²) >= 11 is 1.67. The molecule has 0 aliphatic carbocycles.